The van der Waals surface area contributed by atoms with Crippen LogP contribution in [0.25, 0.3) is 0 Å². The minimum atomic E-state index is -1.08. The lowest BCUT2D eigenvalue weighted by molar-refractivity contribution is 0.0884. The van der Waals surface area contributed by atoms with Crippen molar-refractivity contribution < 1.29 is 4.39 Å². The van der Waals surface area contributed by atoms with E-state index in [1.54, 1.807) is 0 Å². The molecule has 90 valence electrons. The standard InChI is InChI=1S/C11H17BrFN3/c1-3-8-10(12)9(16(4-2)15-8)5-11(13)6-14-7-11/h14H,3-7H2,1-2H3. The quantitative estimate of drug-likeness (QED) is 0.920. The molecular weight excluding hydrogens is 273 g/mol. The van der Waals surface area contributed by atoms with Gasteiger partial charge in [0, 0.05) is 26.1 Å². The van der Waals surface area contributed by atoms with Gasteiger partial charge in [-0.2, -0.15) is 5.10 Å². The Hall–Kier alpha value is -0.420. The van der Waals surface area contributed by atoms with Gasteiger partial charge < -0.3 is 5.32 Å². The van der Waals surface area contributed by atoms with Crippen molar-refractivity contribution in [1.29, 1.82) is 0 Å². The summed E-state index contributed by atoms with van der Waals surface area (Å²) in [6.07, 6.45) is 1.32. The minimum absolute atomic E-state index is 0.446. The van der Waals surface area contributed by atoms with E-state index in [2.05, 4.69) is 33.3 Å². The van der Waals surface area contributed by atoms with Gasteiger partial charge in [-0.15, -0.1) is 0 Å². The third-order valence-corrected chi connectivity index (χ3v) is 3.98. The zero-order chi connectivity index (χ0) is 11.8. The zero-order valence-electron chi connectivity index (χ0n) is 9.69. The number of halogens is 2. The molecule has 5 heteroatoms. The monoisotopic (exact) mass is 289 g/mol. The van der Waals surface area contributed by atoms with Gasteiger partial charge in [-0.3, -0.25) is 4.68 Å². The van der Waals surface area contributed by atoms with Crippen LogP contribution in [0, 0.1) is 0 Å². The molecule has 1 saturated heterocycles. The van der Waals surface area contributed by atoms with Crippen LogP contribution < -0.4 is 5.32 Å². The lowest BCUT2D eigenvalue weighted by Crippen LogP contribution is -2.57. The van der Waals surface area contributed by atoms with Crippen molar-refractivity contribution >= 4 is 15.9 Å². The number of hydrogen-bond acceptors (Lipinski definition) is 2. The first-order valence-electron chi connectivity index (χ1n) is 5.73. The molecule has 0 aromatic carbocycles. The molecule has 1 aliphatic rings. The van der Waals surface area contributed by atoms with E-state index in [0.717, 1.165) is 28.8 Å². The van der Waals surface area contributed by atoms with E-state index in [1.165, 1.54) is 0 Å². The highest BCUT2D eigenvalue weighted by Crippen LogP contribution is 2.29. The minimum Gasteiger partial charge on any atom is -0.310 e. The van der Waals surface area contributed by atoms with Gasteiger partial charge in [-0.25, -0.2) is 4.39 Å². The number of aromatic nitrogens is 2. The van der Waals surface area contributed by atoms with E-state index in [1.807, 2.05) is 11.6 Å². The molecule has 1 fully saturated rings. The maximum absolute atomic E-state index is 14.1. The summed E-state index contributed by atoms with van der Waals surface area (Å²) in [7, 11) is 0. The fraction of sp³-hybridized carbons (Fsp3) is 0.727. The van der Waals surface area contributed by atoms with Gasteiger partial charge in [0.1, 0.15) is 5.67 Å². The second-order valence-electron chi connectivity index (χ2n) is 4.31. The molecule has 1 N–H and O–H groups in total. The van der Waals surface area contributed by atoms with Crippen molar-refractivity contribution in [3.05, 3.63) is 15.9 Å². The Morgan fingerprint density at radius 1 is 1.50 bits per heavy atom. The first kappa shape index (κ1) is 12.0. The highest BCUT2D eigenvalue weighted by molar-refractivity contribution is 9.10. The third kappa shape index (κ3) is 2.02. The second kappa shape index (κ2) is 4.45. The number of rotatable bonds is 4. The Morgan fingerprint density at radius 3 is 2.62 bits per heavy atom. The average molecular weight is 290 g/mol. The second-order valence-corrected chi connectivity index (χ2v) is 5.10. The number of hydrogen-bond donors (Lipinski definition) is 1. The Kier molecular flexibility index (Phi) is 3.35. The molecule has 0 unspecified atom stereocenters. The van der Waals surface area contributed by atoms with Crippen molar-refractivity contribution in [2.24, 2.45) is 0 Å². The van der Waals surface area contributed by atoms with Crippen LogP contribution >= 0.6 is 15.9 Å². The Bertz CT molecular complexity index is 385. The number of alkyl halides is 1. The highest BCUT2D eigenvalue weighted by Gasteiger charge is 2.38. The van der Waals surface area contributed by atoms with E-state index in [4.69, 9.17) is 0 Å². The van der Waals surface area contributed by atoms with Crippen LogP contribution in [0.1, 0.15) is 25.2 Å². The molecule has 0 aliphatic carbocycles. The van der Waals surface area contributed by atoms with Gasteiger partial charge in [-0.05, 0) is 29.3 Å². The zero-order valence-corrected chi connectivity index (χ0v) is 11.3. The van der Waals surface area contributed by atoms with Crippen LogP contribution in [-0.4, -0.2) is 28.5 Å². The first-order valence-corrected chi connectivity index (χ1v) is 6.52. The lowest BCUT2D eigenvalue weighted by atomic mass is 9.93. The van der Waals surface area contributed by atoms with Crippen LogP contribution in [0.15, 0.2) is 4.47 Å². The number of nitrogens with zero attached hydrogens (tertiary/aromatic N) is 2. The summed E-state index contributed by atoms with van der Waals surface area (Å²) in [4.78, 5) is 0. The maximum Gasteiger partial charge on any atom is 0.141 e. The van der Waals surface area contributed by atoms with E-state index < -0.39 is 5.67 Å². The Morgan fingerprint density at radius 2 is 2.19 bits per heavy atom. The Labute approximate surface area is 104 Å². The molecule has 0 bridgehead atoms. The summed E-state index contributed by atoms with van der Waals surface area (Å²) in [5.41, 5.74) is 0.927. The number of nitrogens with one attached hydrogen (secondary N) is 1. The lowest BCUT2D eigenvalue weighted by Gasteiger charge is -2.35. The number of aryl methyl sites for hydroxylation is 2. The molecule has 0 atom stereocenters. The molecule has 0 radical (unpaired) electrons. The highest BCUT2D eigenvalue weighted by atomic mass is 79.9. The predicted molar refractivity (Wildman–Crippen MR) is 65.4 cm³/mol. The van der Waals surface area contributed by atoms with E-state index in [9.17, 15) is 4.39 Å². The van der Waals surface area contributed by atoms with E-state index >= 15 is 0 Å². The molecule has 1 aliphatic heterocycles. The molecule has 1 aromatic heterocycles. The fourth-order valence-corrected chi connectivity index (χ4v) is 2.71. The summed E-state index contributed by atoms with van der Waals surface area (Å²) >= 11 is 3.54. The van der Waals surface area contributed by atoms with Crippen molar-refractivity contribution in [3.63, 3.8) is 0 Å². The molecule has 0 saturated carbocycles. The summed E-state index contributed by atoms with van der Waals surface area (Å²) in [6, 6.07) is 0. The molecule has 16 heavy (non-hydrogen) atoms. The van der Waals surface area contributed by atoms with E-state index in [-0.39, 0.29) is 0 Å². The Balaban J connectivity index is 2.27. The van der Waals surface area contributed by atoms with Crippen LogP contribution in [-0.2, 0) is 19.4 Å². The van der Waals surface area contributed by atoms with Gasteiger partial charge in [-0.1, -0.05) is 6.92 Å². The molecule has 3 nitrogen and oxygen atoms in total. The molecule has 0 spiro atoms. The topological polar surface area (TPSA) is 29.9 Å². The molecule has 0 amide bonds. The van der Waals surface area contributed by atoms with Gasteiger partial charge in [0.25, 0.3) is 0 Å². The van der Waals surface area contributed by atoms with Gasteiger partial charge in [0.05, 0.1) is 15.9 Å². The van der Waals surface area contributed by atoms with Crippen molar-refractivity contribution in [2.45, 2.75) is 38.9 Å². The SMILES string of the molecule is CCc1nn(CC)c(CC2(F)CNC2)c1Br. The molecule has 1 aromatic rings. The smallest absolute Gasteiger partial charge is 0.141 e. The normalized spacial score (nSPS) is 18.5. The van der Waals surface area contributed by atoms with Crippen LogP contribution in [0.5, 0.6) is 0 Å². The predicted octanol–water partition coefficient (Wildman–Crippen LogP) is 2.08. The van der Waals surface area contributed by atoms with Crippen molar-refractivity contribution in [2.75, 3.05) is 13.1 Å². The first-order chi connectivity index (χ1) is 7.59. The maximum atomic E-state index is 14.1. The molecular formula is C11H17BrFN3. The summed E-state index contributed by atoms with van der Waals surface area (Å²) < 4.78 is 17.0. The van der Waals surface area contributed by atoms with Gasteiger partial charge in [0.2, 0.25) is 0 Å². The van der Waals surface area contributed by atoms with Gasteiger partial charge >= 0.3 is 0 Å². The van der Waals surface area contributed by atoms with Gasteiger partial charge in [0.15, 0.2) is 0 Å². The summed E-state index contributed by atoms with van der Waals surface area (Å²) in [5, 5.41) is 7.45. The summed E-state index contributed by atoms with van der Waals surface area (Å²) in [6.45, 7) is 5.79. The molecule has 2 rings (SSSR count). The van der Waals surface area contributed by atoms with Crippen LogP contribution in [0.2, 0.25) is 0 Å². The largest absolute Gasteiger partial charge is 0.310 e. The van der Waals surface area contributed by atoms with Crippen molar-refractivity contribution in [1.82, 2.24) is 15.1 Å². The van der Waals surface area contributed by atoms with Crippen LogP contribution in [0.3, 0.4) is 0 Å². The fourth-order valence-electron chi connectivity index (χ4n) is 2.01. The van der Waals surface area contributed by atoms with Crippen LogP contribution in [0.4, 0.5) is 4.39 Å². The van der Waals surface area contributed by atoms with E-state index in [0.29, 0.717) is 19.5 Å². The average Bonchev–Trinajstić information content (AvgIpc) is 2.53. The van der Waals surface area contributed by atoms with Crippen molar-refractivity contribution in [3.8, 4) is 0 Å². The summed E-state index contributed by atoms with van der Waals surface area (Å²) in [5.74, 6) is 0. The molecule has 2 heterocycles. The third-order valence-electron chi connectivity index (χ3n) is 3.06.